The van der Waals surface area contributed by atoms with Crippen LogP contribution in [0.5, 0.6) is 0 Å². The fourth-order valence-corrected chi connectivity index (χ4v) is 3.46. The number of carbonyl (C=O) groups is 1. The number of rotatable bonds is 1. The molecule has 3 nitrogen and oxygen atoms in total. The first-order valence-corrected chi connectivity index (χ1v) is 6.64. The summed E-state index contributed by atoms with van der Waals surface area (Å²) in [5.41, 5.74) is 3.73. The third-order valence-electron chi connectivity index (χ3n) is 4.46. The highest BCUT2D eigenvalue weighted by atomic mass is 16.5. The molecule has 0 atom stereocenters. The van der Waals surface area contributed by atoms with Gasteiger partial charge in [0.2, 0.25) is 0 Å². The van der Waals surface area contributed by atoms with E-state index in [1.54, 1.807) is 0 Å². The van der Waals surface area contributed by atoms with Crippen LogP contribution in [-0.4, -0.2) is 26.2 Å². The van der Waals surface area contributed by atoms with Gasteiger partial charge in [0, 0.05) is 0 Å². The van der Waals surface area contributed by atoms with Gasteiger partial charge in [0.15, 0.2) is 0 Å². The molecule has 1 N–H and O–H groups in total. The van der Waals surface area contributed by atoms with Crippen LogP contribution < -0.4 is 5.32 Å². The van der Waals surface area contributed by atoms with Crippen LogP contribution in [0.4, 0.5) is 0 Å². The number of piperidine rings is 1. The van der Waals surface area contributed by atoms with Gasteiger partial charge in [0.25, 0.3) is 0 Å². The van der Waals surface area contributed by atoms with Crippen LogP contribution >= 0.6 is 0 Å². The van der Waals surface area contributed by atoms with Gasteiger partial charge in [-0.2, -0.15) is 0 Å². The van der Waals surface area contributed by atoms with Crippen LogP contribution in [0.2, 0.25) is 0 Å². The lowest BCUT2D eigenvalue weighted by Gasteiger charge is -2.33. The Hall–Kier alpha value is -1.35. The molecule has 1 heterocycles. The summed E-state index contributed by atoms with van der Waals surface area (Å²) in [6, 6.07) is 6.04. The number of fused-ring (bicyclic) bond motifs is 1. The molecule has 0 saturated carbocycles. The first-order chi connectivity index (χ1) is 8.74. The lowest BCUT2D eigenvalue weighted by Crippen LogP contribution is -2.37. The number of carbonyl (C=O) groups excluding carboxylic acids is 1. The zero-order valence-electron chi connectivity index (χ0n) is 10.8. The number of esters is 1. The summed E-state index contributed by atoms with van der Waals surface area (Å²) in [6.45, 7) is 2.20. The van der Waals surface area contributed by atoms with Crippen molar-refractivity contribution in [3.8, 4) is 0 Å². The summed E-state index contributed by atoms with van der Waals surface area (Å²) in [6.07, 6.45) is 4.58. The fraction of sp³-hybridized carbons (Fsp3) is 0.533. The first-order valence-electron chi connectivity index (χ1n) is 6.64. The molecule has 3 heteroatoms. The topological polar surface area (TPSA) is 38.3 Å². The molecule has 1 aliphatic carbocycles. The SMILES string of the molecule is COC(=O)c1cccc2c1CC1(CCNCC1)C2. The average molecular weight is 245 g/mol. The second-order valence-electron chi connectivity index (χ2n) is 5.54. The Kier molecular flexibility index (Phi) is 2.86. The quantitative estimate of drug-likeness (QED) is 0.768. The molecule has 1 saturated heterocycles. The average Bonchev–Trinajstić information content (AvgIpc) is 2.75. The number of hydrogen-bond acceptors (Lipinski definition) is 3. The van der Waals surface area contributed by atoms with Gasteiger partial charge in [-0.1, -0.05) is 12.1 Å². The highest BCUT2D eigenvalue weighted by Crippen LogP contribution is 2.44. The van der Waals surface area contributed by atoms with E-state index in [1.807, 2.05) is 12.1 Å². The summed E-state index contributed by atoms with van der Waals surface area (Å²) in [7, 11) is 1.46. The van der Waals surface area contributed by atoms with Crippen LogP contribution in [0.15, 0.2) is 18.2 Å². The van der Waals surface area contributed by atoms with Crippen LogP contribution in [0, 0.1) is 5.41 Å². The summed E-state index contributed by atoms with van der Waals surface area (Å²) >= 11 is 0. The summed E-state index contributed by atoms with van der Waals surface area (Å²) in [4.78, 5) is 11.8. The van der Waals surface area contributed by atoms with Crippen molar-refractivity contribution in [2.75, 3.05) is 20.2 Å². The molecule has 1 aliphatic heterocycles. The number of ether oxygens (including phenoxy) is 1. The minimum Gasteiger partial charge on any atom is -0.465 e. The Bertz CT molecular complexity index is 475. The lowest BCUT2D eigenvalue weighted by atomic mass is 9.76. The number of methoxy groups -OCH3 is 1. The van der Waals surface area contributed by atoms with E-state index in [4.69, 9.17) is 4.74 Å². The molecular formula is C15H19NO2. The van der Waals surface area contributed by atoms with Crippen molar-refractivity contribution in [3.63, 3.8) is 0 Å². The highest BCUT2D eigenvalue weighted by Gasteiger charge is 2.39. The third kappa shape index (κ3) is 1.83. The van der Waals surface area contributed by atoms with Crippen molar-refractivity contribution in [2.24, 2.45) is 5.41 Å². The van der Waals surface area contributed by atoms with Gasteiger partial charge in [-0.05, 0) is 61.4 Å². The van der Waals surface area contributed by atoms with Crippen molar-refractivity contribution in [1.82, 2.24) is 5.32 Å². The van der Waals surface area contributed by atoms with Crippen molar-refractivity contribution >= 4 is 5.97 Å². The molecule has 1 aromatic carbocycles. The first kappa shape index (κ1) is 11.7. The molecule has 0 unspecified atom stereocenters. The Morgan fingerprint density at radius 1 is 1.28 bits per heavy atom. The van der Waals surface area contributed by atoms with Crippen LogP contribution in [0.3, 0.4) is 0 Å². The second-order valence-corrected chi connectivity index (χ2v) is 5.54. The minimum atomic E-state index is -0.196. The zero-order valence-corrected chi connectivity index (χ0v) is 10.8. The maximum Gasteiger partial charge on any atom is 0.338 e. The summed E-state index contributed by atoms with van der Waals surface area (Å²) in [5.74, 6) is -0.196. The molecule has 1 aromatic rings. The van der Waals surface area contributed by atoms with E-state index in [1.165, 1.54) is 31.1 Å². The molecular weight excluding hydrogens is 226 g/mol. The molecule has 3 rings (SSSR count). The Morgan fingerprint density at radius 2 is 2.06 bits per heavy atom. The van der Waals surface area contributed by atoms with Crippen LogP contribution in [0.1, 0.15) is 34.3 Å². The van der Waals surface area contributed by atoms with Gasteiger partial charge < -0.3 is 10.1 Å². The molecule has 2 aliphatic rings. The maximum atomic E-state index is 11.8. The van der Waals surface area contributed by atoms with Crippen molar-refractivity contribution in [3.05, 3.63) is 34.9 Å². The van der Waals surface area contributed by atoms with E-state index in [9.17, 15) is 4.79 Å². The van der Waals surface area contributed by atoms with E-state index in [0.717, 1.165) is 31.5 Å². The van der Waals surface area contributed by atoms with E-state index < -0.39 is 0 Å². The molecule has 0 amide bonds. The van der Waals surface area contributed by atoms with Gasteiger partial charge in [-0.25, -0.2) is 4.79 Å². The predicted octanol–water partition coefficient (Wildman–Crippen LogP) is 1.94. The largest absolute Gasteiger partial charge is 0.465 e. The maximum absolute atomic E-state index is 11.8. The third-order valence-corrected chi connectivity index (χ3v) is 4.46. The van der Waals surface area contributed by atoms with E-state index in [2.05, 4.69) is 11.4 Å². The van der Waals surface area contributed by atoms with E-state index in [-0.39, 0.29) is 5.97 Å². The highest BCUT2D eigenvalue weighted by molar-refractivity contribution is 5.91. The Labute approximate surface area is 108 Å². The Balaban J connectivity index is 1.94. The van der Waals surface area contributed by atoms with Crippen molar-refractivity contribution < 1.29 is 9.53 Å². The van der Waals surface area contributed by atoms with Gasteiger partial charge in [-0.15, -0.1) is 0 Å². The van der Waals surface area contributed by atoms with Crippen LogP contribution in [0.25, 0.3) is 0 Å². The second kappa shape index (κ2) is 4.39. The molecule has 0 bridgehead atoms. The van der Waals surface area contributed by atoms with Gasteiger partial charge in [0.1, 0.15) is 0 Å². The zero-order chi connectivity index (χ0) is 12.6. The number of hydrogen-bond donors (Lipinski definition) is 1. The van der Waals surface area contributed by atoms with Gasteiger partial charge in [-0.3, -0.25) is 0 Å². The molecule has 1 spiro atoms. The molecule has 1 fully saturated rings. The standard InChI is InChI=1S/C15H19NO2/c1-18-14(17)12-4-2-3-11-9-15(10-13(11)12)5-7-16-8-6-15/h2-4,16H,5-10H2,1H3. The smallest absolute Gasteiger partial charge is 0.338 e. The molecule has 0 aromatic heterocycles. The minimum absolute atomic E-state index is 0.196. The molecule has 0 radical (unpaired) electrons. The summed E-state index contributed by atoms with van der Waals surface area (Å²) in [5, 5.41) is 3.42. The fourth-order valence-electron chi connectivity index (χ4n) is 3.46. The normalized spacial score (nSPS) is 20.7. The number of benzene rings is 1. The monoisotopic (exact) mass is 245 g/mol. The lowest BCUT2D eigenvalue weighted by molar-refractivity contribution is 0.0599. The molecule has 18 heavy (non-hydrogen) atoms. The molecule has 96 valence electrons. The summed E-state index contributed by atoms with van der Waals surface area (Å²) < 4.78 is 4.89. The Morgan fingerprint density at radius 3 is 2.78 bits per heavy atom. The van der Waals surface area contributed by atoms with Gasteiger partial charge in [0.05, 0.1) is 12.7 Å². The van der Waals surface area contributed by atoms with Gasteiger partial charge >= 0.3 is 5.97 Å². The van der Waals surface area contributed by atoms with E-state index in [0.29, 0.717) is 5.41 Å². The van der Waals surface area contributed by atoms with Crippen molar-refractivity contribution in [2.45, 2.75) is 25.7 Å². The van der Waals surface area contributed by atoms with Crippen LogP contribution in [-0.2, 0) is 17.6 Å². The van der Waals surface area contributed by atoms with E-state index >= 15 is 0 Å². The predicted molar refractivity (Wildman–Crippen MR) is 69.7 cm³/mol. The van der Waals surface area contributed by atoms with Crippen molar-refractivity contribution in [1.29, 1.82) is 0 Å². The number of nitrogens with one attached hydrogen (secondary N) is 1.